The number of likely N-dealkylation sites (tertiary alicyclic amines) is 2. The summed E-state index contributed by atoms with van der Waals surface area (Å²) < 4.78 is 0. The number of rotatable bonds is 5. The minimum Gasteiger partial charge on any atom is -0.278 e. The summed E-state index contributed by atoms with van der Waals surface area (Å²) in [6, 6.07) is 7.55. The van der Waals surface area contributed by atoms with Crippen molar-refractivity contribution in [2.45, 2.75) is 32.9 Å². The topological polar surface area (TPSA) is 74.8 Å². The summed E-state index contributed by atoms with van der Waals surface area (Å²) >= 11 is 0. The van der Waals surface area contributed by atoms with Crippen molar-refractivity contribution in [2.24, 2.45) is 47.3 Å². The van der Waals surface area contributed by atoms with Crippen LogP contribution in [0.2, 0.25) is 0 Å². The number of allylic oxidation sites excluding steroid dienone is 3. The molecule has 3 aliphatic carbocycles. The number of carbonyl (C=O) groups is 4. The van der Waals surface area contributed by atoms with E-state index in [-0.39, 0.29) is 84.1 Å². The van der Waals surface area contributed by atoms with E-state index in [1.165, 1.54) is 9.80 Å². The van der Waals surface area contributed by atoms with Crippen molar-refractivity contribution in [2.75, 3.05) is 0 Å². The Kier molecular flexibility index (Phi) is 4.51. The van der Waals surface area contributed by atoms with Gasteiger partial charge >= 0.3 is 0 Å². The molecule has 8 unspecified atom stereocenters. The second-order valence-corrected chi connectivity index (χ2v) is 10.5. The molecule has 6 nitrogen and oxygen atoms in total. The van der Waals surface area contributed by atoms with Crippen LogP contribution < -0.4 is 0 Å². The van der Waals surface area contributed by atoms with Gasteiger partial charge in [0.25, 0.3) is 0 Å². The van der Waals surface area contributed by atoms with Gasteiger partial charge < -0.3 is 0 Å². The van der Waals surface area contributed by atoms with E-state index >= 15 is 0 Å². The van der Waals surface area contributed by atoms with Gasteiger partial charge in [-0.1, -0.05) is 49.4 Å². The van der Waals surface area contributed by atoms with Gasteiger partial charge in [0.2, 0.25) is 23.6 Å². The fourth-order valence-electron chi connectivity index (χ4n) is 7.26. The molecule has 2 bridgehead atoms. The minimum absolute atomic E-state index is 0.0502. The van der Waals surface area contributed by atoms with Gasteiger partial charge in [0.15, 0.2) is 0 Å². The lowest BCUT2D eigenvalue weighted by molar-refractivity contribution is -0.143. The highest BCUT2D eigenvalue weighted by Crippen LogP contribution is 2.53. The average molecular weight is 445 g/mol. The van der Waals surface area contributed by atoms with Crippen LogP contribution in [0, 0.1) is 47.3 Å². The van der Waals surface area contributed by atoms with Crippen molar-refractivity contribution < 1.29 is 19.2 Å². The van der Waals surface area contributed by atoms with Crippen molar-refractivity contribution in [3.63, 3.8) is 0 Å². The Morgan fingerprint density at radius 2 is 1.33 bits per heavy atom. The highest BCUT2D eigenvalue weighted by atomic mass is 16.2. The van der Waals surface area contributed by atoms with Crippen LogP contribution in [0.3, 0.4) is 0 Å². The smallest absolute Gasteiger partial charge is 0.234 e. The van der Waals surface area contributed by atoms with Crippen LogP contribution >= 0.6 is 0 Å². The Bertz CT molecular complexity index is 1090. The highest BCUT2D eigenvalue weighted by molar-refractivity contribution is 6.07. The summed E-state index contributed by atoms with van der Waals surface area (Å²) in [6.45, 7) is 6.36. The number of carbonyl (C=O) groups excluding carboxylic acids is 4. The van der Waals surface area contributed by atoms with Crippen molar-refractivity contribution in [1.29, 1.82) is 0 Å². The number of benzene rings is 1. The molecule has 2 aliphatic heterocycles. The number of amides is 4. The monoisotopic (exact) mass is 444 g/mol. The van der Waals surface area contributed by atoms with Crippen LogP contribution in [0.25, 0.3) is 0 Å². The first-order valence-corrected chi connectivity index (χ1v) is 12.0. The molecular formula is C27H28N2O4. The average Bonchev–Trinajstić information content (AvgIpc) is 3.59. The lowest BCUT2D eigenvalue weighted by Crippen LogP contribution is -2.33. The Morgan fingerprint density at radius 1 is 0.818 bits per heavy atom. The molecule has 0 aromatic heterocycles. The Labute approximate surface area is 193 Å². The molecule has 0 spiro atoms. The van der Waals surface area contributed by atoms with E-state index in [4.69, 9.17) is 0 Å². The van der Waals surface area contributed by atoms with Gasteiger partial charge in [0.05, 0.1) is 36.8 Å². The summed E-state index contributed by atoms with van der Waals surface area (Å²) in [4.78, 5) is 55.0. The lowest BCUT2D eigenvalue weighted by Gasteiger charge is -2.20. The second-order valence-electron chi connectivity index (χ2n) is 10.5. The van der Waals surface area contributed by atoms with Gasteiger partial charge in [-0.15, -0.1) is 6.58 Å². The summed E-state index contributed by atoms with van der Waals surface area (Å²) in [5.41, 5.74) is 1.67. The molecule has 1 aromatic rings. The molecule has 170 valence electrons. The molecule has 8 atom stereocenters. The zero-order chi connectivity index (χ0) is 23.0. The van der Waals surface area contributed by atoms with Crippen LogP contribution in [-0.4, -0.2) is 33.4 Å². The molecule has 2 saturated heterocycles. The maximum Gasteiger partial charge on any atom is 0.234 e. The molecule has 0 N–H and O–H groups in total. The normalized spacial score (nSPS) is 38.6. The molecule has 6 heteroatoms. The van der Waals surface area contributed by atoms with Gasteiger partial charge in [-0.2, -0.15) is 0 Å². The van der Waals surface area contributed by atoms with Gasteiger partial charge in [-0.05, 0) is 47.6 Å². The molecule has 4 fully saturated rings. The quantitative estimate of drug-likeness (QED) is 0.517. The van der Waals surface area contributed by atoms with E-state index < -0.39 is 0 Å². The fraction of sp³-hybridized carbons (Fsp3) is 0.481. The molecule has 0 radical (unpaired) electrons. The summed E-state index contributed by atoms with van der Waals surface area (Å²) in [5.74, 6) is -0.659. The predicted octanol–water partition coefficient (Wildman–Crippen LogP) is 2.94. The van der Waals surface area contributed by atoms with Crippen molar-refractivity contribution in [1.82, 2.24) is 9.80 Å². The first-order chi connectivity index (χ1) is 15.9. The van der Waals surface area contributed by atoms with Gasteiger partial charge in [0.1, 0.15) is 0 Å². The van der Waals surface area contributed by atoms with Crippen LogP contribution in [0.5, 0.6) is 0 Å². The third-order valence-corrected chi connectivity index (χ3v) is 8.74. The van der Waals surface area contributed by atoms with E-state index in [2.05, 4.69) is 18.7 Å². The first-order valence-electron chi connectivity index (χ1n) is 12.0. The Balaban J connectivity index is 1.19. The number of fused-ring (bicyclic) bond motifs is 6. The number of hydrogen-bond donors (Lipinski definition) is 0. The van der Waals surface area contributed by atoms with Crippen molar-refractivity contribution in [3.8, 4) is 0 Å². The fourth-order valence-corrected chi connectivity index (χ4v) is 7.26. The molecule has 2 heterocycles. The zero-order valence-corrected chi connectivity index (χ0v) is 18.7. The van der Waals surface area contributed by atoms with Gasteiger partial charge in [0, 0.05) is 0 Å². The number of hydrogen-bond acceptors (Lipinski definition) is 4. The van der Waals surface area contributed by atoms with E-state index in [1.54, 1.807) is 0 Å². The third-order valence-electron chi connectivity index (χ3n) is 8.74. The molecule has 2 saturated carbocycles. The molecule has 5 aliphatic rings. The number of imide groups is 2. The molecule has 6 rings (SSSR count). The van der Waals surface area contributed by atoms with E-state index in [1.807, 2.05) is 37.3 Å². The van der Waals surface area contributed by atoms with Crippen molar-refractivity contribution >= 4 is 23.6 Å². The molecule has 33 heavy (non-hydrogen) atoms. The maximum absolute atomic E-state index is 13.1. The van der Waals surface area contributed by atoms with Gasteiger partial charge in [-0.3, -0.25) is 29.0 Å². The van der Waals surface area contributed by atoms with Gasteiger partial charge in [-0.25, -0.2) is 0 Å². The van der Waals surface area contributed by atoms with E-state index in [9.17, 15) is 19.2 Å². The van der Waals surface area contributed by atoms with E-state index in [0.717, 1.165) is 24.0 Å². The molecular weight excluding hydrogens is 416 g/mol. The summed E-state index contributed by atoms with van der Waals surface area (Å²) in [5, 5.41) is 0. The largest absolute Gasteiger partial charge is 0.278 e. The third kappa shape index (κ3) is 2.85. The van der Waals surface area contributed by atoms with E-state index in [0.29, 0.717) is 0 Å². The molecule has 4 amide bonds. The highest BCUT2D eigenvalue weighted by Gasteiger charge is 2.59. The van der Waals surface area contributed by atoms with Crippen molar-refractivity contribution in [3.05, 3.63) is 60.2 Å². The zero-order valence-electron chi connectivity index (χ0n) is 18.7. The SMILES string of the molecule is C=CC1CC(C)C2C(=O)N(Cc3cccc(CN4C(=O)C5C6C=CC(C6)C5C4=O)c3)C(=O)C12. The predicted molar refractivity (Wildman–Crippen MR) is 120 cm³/mol. The second kappa shape index (κ2) is 7.24. The Hall–Kier alpha value is -3.02. The van der Waals surface area contributed by atoms with Crippen LogP contribution in [0.15, 0.2) is 49.1 Å². The maximum atomic E-state index is 13.1. The summed E-state index contributed by atoms with van der Waals surface area (Å²) in [7, 11) is 0. The minimum atomic E-state index is -0.295. The molecule has 1 aromatic carbocycles. The standard InChI is InChI=1S/C27H28N2O4/c1-3-17-9-14(2)20-21(17)25(31)28(24(20)30)12-15-5-4-6-16(10-15)13-29-26(32)22-18-7-8-19(11-18)23(22)27(29)33/h3-8,10,14,17-23H,1,9,11-13H2,2H3. The van der Waals surface area contributed by atoms with Crippen LogP contribution in [-0.2, 0) is 32.3 Å². The number of nitrogens with zero attached hydrogens (tertiary/aromatic N) is 2. The first kappa shape index (κ1) is 20.6. The lowest BCUT2D eigenvalue weighted by atomic mass is 9.85. The van der Waals surface area contributed by atoms with Crippen LogP contribution in [0.4, 0.5) is 0 Å². The summed E-state index contributed by atoms with van der Waals surface area (Å²) in [6.07, 6.45) is 7.76. The Morgan fingerprint density at radius 3 is 1.88 bits per heavy atom. The van der Waals surface area contributed by atoms with Crippen LogP contribution in [0.1, 0.15) is 30.9 Å².